The molecule has 0 aromatic heterocycles. The lowest BCUT2D eigenvalue weighted by Crippen LogP contribution is -2.40. The van der Waals surface area contributed by atoms with Gasteiger partial charge in [-0.1, -0.05) is 6.07 Å². The largest absolute Gasteiger partial charge is 0.465 e. The number of nitrogens with zero attached hydrogens (tertiary/aromatic N) is 1. The van der Waals surface area contributed by atoms with Gasteiger partial charge in [0.1, 0.15) is 0 Å². The Labute approximate surface area is 137 Å². The van der Waals surface area contributed by atoms with E-state index in [1.807, 2.05) is 0 Å². The third kappa shape index (κ3) is 3.78. The predicted octanol–water partition coefficient (Wildman–Crippen LogP) is 1.27. The van der Waals surface area contributed by atoms with Crippen molar-refractivity contribution in [3.05, 3.63) is 29.8 Å². The van der Waals surface area contributed by atoms with Crippen LogP contribution < -0.4 is 5.32 Å². The minimum absolute atomic E-state index is 0. The summed E-state index contributed by atoms with van der Waals surface area (Å²) in [5, 5.41) is 3.02. The fourth-order valence-electron chi connectivity index (χ4n) is 2.60. The van der Waals surface area contributed by atoms with Crippen molar-refractivity contribution in [1.29, 1.82) is 0 Å². The van der Waals surface area contributed by atoms with Crippen LogP contribution in [0.15, 0.2) is 29.2 Å². The zero-order valence-corrected chi connectivity index (χ0v) is 14.2. The molecule has 1 unspecified atom stereocenters. The smallest absolute Gasteiger partial charge is 0.337 e. The van der Waals surface area contributed by atoms with E-state index < -0.39 is 16.0 Å². The zero-order valence-electron chi connectivity index (χ0n) is 12.6. The molecule has 0 amide bonds. The number of hydrogen-bond donors (Lipinski definition) is 1. The Morgan fingerprint density at radius 3 is 2.82 bits per heavy atom. The molecule has 124 valence electrons. The standard InChI is InChI=1S/C14H20N2O4S.ClH/c1-15-10-12-6-4-8-16(12)21(18,19)13-7-3-5-11(9-13)14(17)20-2;/h3,5,7,9,12,15H,4,6,8,10H2,1-2H3;1H. The van der Waals surface area contributed by atoms with Gasteiger partial charge in [-0.3, -0.25) is 0 Å². The molecule has 6 nitrogen and oxygen atoms in total. The minimum Gasteiger partial charge on any atom is -0.465 e. The molecule has 8 heteroatoms. The monoisotopic (exact) mass is 348 g/mol. The van der Waals surface area contributed by atoms with Crippen molar-refractivity contribution in [3.8, 4) is 0 Å². The number of rotatable bonds is 5. The van der Waals surface area contributed by atoms with Crippen LogP contribution in [0.25, 0.3) is 0 Å². The Hall–Kier alpha value is -1.15. The van der Waals surface area contributed by atoms with Gasteiger partial charge in [-0.05, 0) is 38.1 Å². The van der Waals surface area contributed by atoms with E-state index in [9.17, 15) is 13.2 Å². The molecule has 1 aromatic carbocycles. The van der Waals surface area contributed by atoms with Gasteiger partial charge in [-0.2, -0.15) is 4.31 Å². The number of sulfonamides is 1. The number of nitrogens with one attached hydrogen (secondary N) is 1. The number of esters is 1. The highest BCUT2D eigenvalue weighted by Gasteiger charge is 2.35. The summed E-state index contributed by atoms with van der Waals surface area (Å²) < 4.78 is 31.6. The Morgan fingerprint density at radius 1 is 1.45 bits per heavy atom. The minimum atomic E-state index is -3.59. The lowest BCUT2D eigenvalue weighted by Gasteiger charge is -2.24. The van der Waals surface area contributed by atoms with Crippen LogP contribution in [0.5, 0.6) is 0 Å². The van der Waals surface area contributed by atoms with Crippen molar-refractivity contribution >= 4 is 28.4 Å². The maximum absolute atomic E-state index is 12.7. The quantitative estimate of drug-likeness (QED) is 0.811. The van der Waals surface area contributed by atoms with Crippen molar-refractivity contribution in [2.45, 2.75) is 23.8 Å². The van der Waals surface area contributed by atoms with Crippen molar-refractivity contribution in [2.24, 2.45) is 0 Å². The number of carbonyl (C=O) groups excluding carboxylic acids is 1. The fourth-order valence-corrected chi connectivity index (χ4v) is 4.34. The van der Waals surface area contributed by atoms with Crippen molar-refractivity contribution in [1.82, 2.24) is 9.62 Å². The Balaban J connectivity index is 0.00000242. The van der Waals surface area contributed by atoms with Crippen molar-refractivity contribution in [2.75, 3.05) is 27.2 Å². The maximum atomic E-state index is 12.7. The SMILES string of the molecule is CNCC1CCCN1S(=O)(=O)c1cccc(C(=O)OC)c1.Cl. The van der Waals surface area contributed by atoms with Crippen LogP contribution in [0.1, 0.15) is 23.2 Å². The summed E-state index contributed by atoms with van der Waals surface area (Å²) in [5.74, 6) is -0.541. The van der Waals surface area contributed by atoms with Crippen LogP contribution in [0.2, 0.25) is 0 Å². The summed E-state index contributed by atoms with van der Waals surface area (Å²) in [4.78, 5) is 11.7. The second kappa shape index (κ2) is 7.92. The molecule has 0 aliphatic carbocycles. The Morgan fingerprint density at radius 2 is 2.18 bits per heavy atom. The van der Waals surface area contributed by atoms with E-state index in [0.717, 1.165) is 12.8 Å². The zero-order chi connectivity index (χ0) is 15.5. The van der Waals surface area contributed by atoms with Gasteiger partial charge in [0, 0.05) is 19.1 Å². The second-order valence-electron chi connectivity index (χ2n) is 4.99. The maximum Gasteiger partial charge on any atom is 0.337 e. The molecule has 1 fully saturated rings. The van der Waals surface area contributed by atoms with Gasteiger partial charge in [0.25, 0.3) is 0 Å². The van der Waals surface area contributed by atoms with Gasteiger partial charge >= 0.3 is 5.97 Å². The number of halogens is 1. The number of methoxy groups -OCH3 is 1. The van der Waals surface area contributed by atoms with Gasteiger partial charge in [0.15, 0.2) is 0 Å². The van der Waals surface area contributed by atoms with Gasteiger partial charge in [-0.15, -0.1) is 12.4 Å². The highest BCUT2D eigenvalue weighted by molar-refractivity contribution is 7.89. The molecule has 1 saturated heterocycles. The average molecular weight is 349 g/mol. The summed E-state index contributed by atoms with van der Waals surface area (Å²) in [6.45, 7) is 1.13. The number of carbonyl (C=O) groups is 1. The molecule has 1 aromatic rings. The number of hydrogen-bond acceptors (Lipinski definition) is 5. The molecular formula is C14H21ClN2O4S. The molecule has 0 bridgehead atoms. The van der Waals surface area contributed by atoms with Crippen molar-refractivity contribution < 1.29 is 17.9 Å². The Bertz CT molecular complexity index is 621. The topological polar surface area (TPSA) is 75.7 Å². The summed E-state index contributed by atoms with van der Waals surface area (Å²) in [6, 6.07) is 5.94. The lowest BCUT2D eigenvalue weighted by molar-refractivity contribution is 0.0600. The second-order valence-corrected chi connectivity index (χ2v) is 6.88. The van der Waals surface area contributed by atoms with E-state index >= 15 is 0 Å². The van der Waals surface area contributed by atoms with Crippen LogP contribution in [0.3, 0.4) is 0 Å². The van der Waals surface area contributed by atoms with Crippen LogP contribution in [0, 0.1) is 0 Å². The predicted molar refractivity (Wildman–Crippen MR) is 85.9 cm³/mol. The average Bonchev–Trinajstić information content (AvgIpc) is 2.96. The molecule has 22 heavy (non-hydrogen) atoms. The summed E-state index contributed by atoms with van der Waals surface area (Å²) in [7, 11) is -0.511. The first kappa shape index (κ1) is 18.9. The third-order valence-electron chi connectivity index (χ3n) is 3.62. The molecule has 0 radical (unpaired) electrons. The first-order valence-corrected chi connectivity index (χ1v) is 8.29. The molecule has 0 saturated carbocycles. The van der Waals surface area contributed by atoms with Crippen LogP contribution in [0.4, 0.5) is 0 Å². The van der Waals surface area contributed by atoms with Crippen LogP contribution in [-0.4, -0.2) is 52.0 Å². The molecule has 2 rings (SSSR count). The Kier molecular flexibility index (Phi) is 6.80. The van der Waals surface area contributed by atoms with E-state index in [1.54, 1.807) is 19.2 Å². The van der Waals surface area contributed by atoms with Crippen molar-refractivity contribution in [3.63, 3.8) is 0 Å². The van der Waals surface area contributed by atoms with E-state index in [1.165, 1.54) is 23.5 Å². The highest BCUT2D eigenvalue weighted by atomic mass is 35.5. The molecular weight excluding hydrogens is 328 g/mol. The summed E-state index contributed by atoms with van der Waals surface area (Å²) >= 11 is 0. The van der Waals surface area contributed by atoms with Gasteiger partial charge < -0.3 is 10.1 Å². The van der Waals surface area contributed by atoms with E-state index in [0.29, 0.717) is 13.1 Å². The molecule has 1 heterocycles. The fraction of sp³-hybridized carbons (Fsp3) is 0.500. The van der Waals surface area contributed by atoms with E-state index in [-0.39, 0.29) is 28.9 Å². The molecule has 1 N–H and O–H groups in total. The molecule has 0 spiro atoms. The molecule has 1 aliphatic heterocycles. The number of ether oxygens (including phenoxy) is 1. The van der Waals surface area contributed by atoms with Gasteiger partial charge in [-0.25, -0.2) is 13.2 Å². The van der Waals surface area contributed by atoms with Crippen LogP contribution >= 0.6 is 12.4 Å². The highest BCUT2D eigenvalue weighted by Crippen LogP contribution is 2.26. The summed E-state index contributed by atoms with van der Waals surface area (Å²) in [5.41, 5.74) is 0.239. The molecule has 1 atom stereocenters. The van der Waals surface area contributed by atoms with Gasteiger partial charge in [0.2, 0.25) is 10.0 Å². The van der Waals surface area contributed by atoms with Crippen LogP contribution in [-0.2, 0) is 14.8 Å². The number of benzene rings is 1. The van der Waals surface area contributed by atoms with E-state index in [2.05, 4.69) is 10.1 Å². The molecule has 1 aliphatic rings. The lowest BCUT2D eigenvalue weighted by atomic mass is 10.2. The van der Waals surface area contributed by atoms with Gasteiger partial charge in [0.05, 0.1) is 17.6 Å². The summed E-state index contributed by atoms with van der Waals surface area (Å²) in [6.07, 6.45) is 1.69. The third-order valence-corrected chi connectivity index (χ3v) is 5.57. The first-order chi connectivity index (χ1) is 10.0. The number of likely N-dealkylation sites (N-methyl/N-ethyl adjacent to an activating group) is 1. The first-order valence-electron chi connectivity index (χ1n) is 6.85. The van der Waals surface area contributed by atoms with E-state index in [4.69, 9.17) is 0 Å². The normalized spacial score (nSPS) is 18.7.